The number of fused-ring (bicyclic) bond motifs is 1. The lowest BCUT2D eigenvalue weighted by Crippen LogP contribution is -2.28. The Bertz CT molecular complexity index is 1310. The predicted octanol–water partition coefficient (Wildman–Crippen LogP) is 6.18. The fourth-order valence-corrected chi connectivity index (χ4v) is 5.29. The molecular weight excluding hydrogens is 416 g/mol. The number of carbonyl (C=O) groups excluding carboxylic acids is 2. The molecule has 0 spiro atoms. The maximum absolute atomic E-state index is 13.3. The number of anilines is 2. The quantitative estimate of drug-likeness (QED) is 0.414. The van der Waals surface area contributed by atoms with E-state index in [1.54, 1.807) is 11.8 Å². The van der Waals surface area contributed by atoms with Crippen molar-refractivity contribution < 1.29 is 9.59 Å². The van der Waals surface area contributed by atoms with Gasteiger partial charge < -0.3 is 5.32 Å². The second-order valence-corrected chi connectivity index (χ2v) is 8.90. The second kappa shape index (κ2) is 8.52. The molecular formula is C27H22N2O2S. The van der Waals surface area contributed by atoms with Crippen molar-refractivity contribution in [3.8, 4) is 0 Å². The number of para-hydroxylation sites is 1. The highest BCUT2D eigenvalue weighted by atomic mass is 32.2. The first-order chi connectivity index (χ1) is 15.6. The van der Waals surface area contributed by atoms with Gasteiger partial charge in [-0.2, -0.15) is 0 Å². The third-order valence-electron chi connectivity index (χ3n) is 5.69. The molecule has 5 rings (SSSR count). The van der Waals surface area contributed by atoms with Crippen LogP contribution in [0.1, 0.15) is 26.9 Å². The van der Waals surface area contributed by atoms with Crippen LogP contribution >= 0.6 is 11.8 Å². The van der Waals surface area contributed by atoms with Crippen molar-refractivity contribution in [3.05, 3.63) is 108 Å². The first-order valence-electron chi connectivity index (χ1n) is 10.5. The molecule has 1 N–H and O–H groups in total. The zero-order chi connectivity index (χ0) is 22.1. The molecule has 0 bridgehead atoms. The number of thioether (sulfide) groups is 1. The highest BCUT2D eigenvalue weighted by Crippen LogP contribution is 2.44. The summed E-state index contributed by atoms with van der Waals surface area (Å²) in [5.41, 5.74) is 4.27. The monoisotopic (exact) mass is 438 g/mol. The lowest BCUT2D eigenvalue weighted by Gasteiger charge is -2.26. The third-order valence-corrected chi connectivity index (χ3v) is 6.88. The Labute approximate surface area is 191 Å². The number of rotatable bonds is 4. The van der Waals surface area contributed by atoms with E-state index < -0.39 is 0 Å². The van der Waals surface area contributed by atoms with Crippen molar-refractivity contribution in [2.75, 3.05) is 16.0 Å². The van der Waals surface area contributed by atoms with Crippen LogP contribution in [0.5, 0.6) is 0 Å². The Kier molecular flexibility index (Phi) is 5.41. The van der Waals surface area contributed by atoms with Gasteiger partial charge in [-0.25, -0.2) is 0 Å². The van der Waals surface area contributed by atoms with Gasteiger partial charge >= 0.3 is 0 Å². The summed E-state index contributed by atoms with van der Waals surface area (Å²) in [6, 6.07) is 29.3. The van der Waals surface area contributed by atoms with Crippen LogP contribution < -0.4 is 10.2 Å². The Morgan fingerprint density at radius 3 is 2.47 bits per heavy atom. The predicted molar refractivity (Wildman–Crippen MR) is 132 cm³/mol. The van der Waals surface area contributed by atoms with Crippen molar-refractivity contribution in [2.24, 2.45) is 0 Å². The molecule has 0 unspecified atom stereocenters. The van der Waals surface area contributed by atoms with Crippen LogP contribution in [0.15, 0.2) is 91.0 Å². The Morgan fingerprint density at radius 1 is 0.906 bits per heavy atom. The summed E-state index contributed by atoms with van der Waals surface area (Å²) >= 11 is 1.58. The largest absolute Gasteiger partial charge is 0.322 e. The van der Waals surface area contributed by atoms with E-state index in [0.717, 1.165) is 33.3 Å². The minimum atomic E-state index is -0.200. The summed E-state index contributed by atoms with van der Waals surface area (Å²) in [6.07, 6.45) is 0. The molecule has 1 atom stereocenters. The van der Waals surface area contributed by atoms with Gasteiger partial charge in [0.25, 0.3) is 5.91 Å². The van der Waals surface area contributed by atoms with E-state index in [4.69, 9.17) is 0 Å². The van der Waals surface area contributed by atoms with Crippen molar-refractivity contribution in [2.45, 2.75) is 12.3 Å². The number of nitrogens with zero attached hydrogens (tertiary/aromatic N) is 1. The molecule has 2 amide bonds. The average Bonchev–Trinajstić information content (AvgIpc) is 3.20. The molecule has 0 saturated carbocycles. The fourth-order valence-electron chi connectivity index (χ4n) is 4.08. The summed E-state index contributed by atoms with van der Waals surface area (Å²) in [4.78, 5) is 27.8. The molecule has 0 aromatic heterocycles. The van der Waals surface area contributed by atoms with Crippen LogP contribution in [0.25, 0.3) is 10.8 Å². The van der Waals surface area contributed by atoms with Gasteiger partial charge in [0.1, 0.15) is 5.37 Å². The second-order valence-electron chi connectivity index (χ2n) is 7.83. The number of aryl methyl sites for hydroxylation is 1. The zero-order valence-electron chi connectivity index (χ0n) is 17.6. The van der Waals surface area contributed by atoms with E-state index in [2.05, 4.69) is 5.32 Å². The third kappa shape index (κ3) is 3.76. The molecule has 4 aromatic rings. The van der Waals surface area contributed by atoms with Gasteiger partial charge in [-0.1, -0.05) is 72.3 Å². The lowest BCUT2D eigenvalue weighted by molar-refractivity contribution is -0.115. The first-order valence-corrected chi connectivity index (χ1v) is 11.5. The molecule has 1 aliphatic heterocycles. The molecule has 4 aromatic carbocycles. The van der Waals surface area contributed by atoms with Gasteiger partial charge in [0.2, 0.25) is 5.91 Å². The van der Waals surface area contributed by atoms with Crippen LogP contribution in [0.2, 0.25) is 0 Å². The molecule has 5 heteroatoms. The van der Waals surface area contributed by atoms with Gasteiger partial charge in [-0.15, -0.1) is 11.8 Å². The van der Waals surface area contributed by atoms with Crippen LogP contribution in [0, 0.1) is 6.92 Å². The molecule has 4 nitrogen and oxygen atoms in total. The molecule has 158 valence electrons. The number of carbonyl (C=O) groups is 2. The molecule has 0 aliphatic carbocycles. The summed E-state index contributed by atoms with van der Waals surface area (Å²) in [5, 5.41) is 4.84. The van der Waals surface area contributed by atoms with Gasteiger partial charge in [0.05, 0.1) is 5.75 Å². The van der Waals surface area contributed by atoms with Gasteiger partial charge in [0, 0.05) is 22.5 Å². The van der Waals surface area contributed by atoms with E-state index in [9.17, 15) is 9.59 Å². The molecule has 1 heterocycles. The maximum Gasteiger partial charge on any atom is 0.256 e. The normalized spacial score (nSPS) is 15.8. The summed E-state index contributed by atoms with van der Waals surface area (Å²) in [7, 11) is 0. The highest BCUT2D eigenvalue weighted by molar-refractivity contribution is 8.00. The maximum atomic E-state index is 13.3. The van der Waals surface area contributed by atoms with Gasteiger partial charge in [0.15, 0.2) is 0 Å². The number of hydrogen-bond donors (Lipinski definition) is 1. The van der Waals surface area contributed by atoms with Crippen molar-refractivity contribution in [1.82, 2.24) is 0 Å². The van der Waals surface area contributed by atoms with Crippen LogP contribution in [-0.2, 0) is 4.79 Å². The molecule has 1 fully saturated rings. The number of nitrogens with one attached hydrogen (secondary N) is 1. The van der Waals surface area contributed by atoms with E-state index in [-0.39, 0.29) is 17.2 Å². The van der Waals surface area contributed by atoms with Crippen molar-refractivity contribution in [1.29, 1.82) is 0 Å². The van der Waals surface area contributed by atoms with Crippen LogP contribution in [-0.4, -0.2) is 17.6 Å². The summed E-state index contributed by atoms with van der Waals surface area (Å²) in [5.74, 6) is 0.314. The van der Waals surface area contributed by atoms with Crippen molar-refractivity contribution >= 4 is 45.7 Å². The lowest BCUT2D eigenvalue weighted by atomic mass is 10.0. The number of benzene rings is 4. The van der Waals surface area contributed by atoms with Crippen LogP contribution in [0.3, 0.4) is 0 Å². The molecule has 32 heavy (non-hydrogen) atoms. The topological polar surface area (TPSA) is 49.4 Å². The van der Waals surface area contributed by atoms with Crippen molar-refractivity contribution in [3.63, 3.8) is 0 Å². The Balaban J connectivity index is 1.49. The Hall–Kier alpha value is -3.57. The Morgan fingerprint density at radius 2 is 1.62 bits per heavy atom. The van der Waals surface area contributed by atoms with Gasteiger partial charge in [-0.05, 0) is 42.0 Å². The smallest absolute Gasteiger partial charge is 0.256 e. The number of amides is 2. The van der Waals surface area contributed by atoms with E-state index in [1.165, 1.54) is 0 Å². The SMILES string of the molecule is Cc1ccc(N2C(=O)CS[C@H]2c2ccccc2NC(=O)c2cccc3ccccc23)cc1. The first kappa shape index (κ1) is 20.3. The fraction of sp³-hybridized carbons (Fsp3) is 0.111. The highest BCUT2D eigenvalue weighted by Gasteiger charge is 2.35. The molecule has 1 saturated heterocycles. The standard InChI is InChI=1S/C27H22N2O2S/c1-18-13-15-20(16-14-18)29-25(30)17-32-27(29)23-10-4-5-12-24(23)28-26(31)22-11-6-8-19-7-2-3-9-21(19)22/h2-16,27H,17H2,1H3,(H,28,31)/t27-/m0/s1. The minimum absolute atomic E-state index is 0.0686. The molecule has 1 aliphatic rings. The van der Waals surface area contributed by atoms with E-state index in [1.807, 2.05) is 103 Å². The zero-order valence-corrected chi connectivity index (χ0v) is 18.4. The summed E-state index contributed by atoms with van der Waals surface area (Å²) in [6.45, 7) is 2.03. The van der Waals surface area contributed by atoms with E-state index in [0.29, 0.717) is 11.3 Å². The molecule has 0 radical (unpaired) electrons. The average molecular weight is 439 g/mol. The number of hydrogen-bond acceptors (Lipinski definition) is 3. The minimum Gasteiger partial charge on any atom is -0.322 e. The van der Waals surface area contributed by atoms with Crippen LogP contribution in [0.4, 0.5) is 11.4 Å². The van der Waals surface area contributed by atoms with E-state index >= 15 is 0 Å². The van der Waals surface area contributed by atoms with Gasteiger partial charge in [-0.3, -0.25) is 14.5 Å². The summed E-state index contributed by atoms with van der Waals surface area (Å²) < 4.78 is 0.